The van der Waals surface area contributed by atoms with Gasteiger partial charge in [0, 0.05) is 30.5 Å². The predicted molar refractivity (Wildman–Crippen MR) is 106 cm³/mol. The van der Waals surface area contributed by atoms with Crippen molar-refractivity contribution in [3.8, 4) is 0 Å². The van der Waals surface area contributed by atoms with Crippen molar-refractivity contribution in [3.63, 3.8) is 0 Å². The maximum absolute atomic E-state index is 13.6. The second-order valence-electron chi connectivity index (χ2n) is 7.20. The van der Waals surface area contributed by atoms with Crippen LogP contribution in [0.2, 0.25) is 0 Å². The van der Waals surface area contributed by atoms with Crippen LogP contribution in [0, 0.1) is 11.7 Å². The topological polar surface area (TPSA) is 25.2 Å². The molecule has 2 aromatic carbocycles. The number of aromatic nitrogens is 1. The van der Waals surface area contributed by atoms with Crippen LogP contribution >= 0.6 is 0 Å². The molecule has 0 N–H and O–H groups in total. The molecular weight excluding hydrogens is 339 g/mol. The van der Waals surface area contributed by atoms with Gasteiger partial charge in [0.1, 0.15) is 5.82 Å². The van der Waals surface area contributed by atoms with Crippen molar-refractivity contribution in [2.45, 2.75) is 26.9 Å². The number of amides is 1. The average molecular weight is 364 g/mol. The molecule has 0 aliphatic carbocycles. The highest BCUT2D eigenvalue weighted by Gasteiger charge is 2.19. The summed E-state index contributed by atoms with van der Waals surface area (Å²) in [7, 11) is 0. The number of rotatable bonds is 7. The third kappa shape index (κ3) is 5.07. The van der Waals surface area contributed by atoms with Crippen molar-refractivity contribution in [3.05, 3.63) is 95.6 Å². The molecular formula is C23H25FN2O. The Labute approximate surface area is 160 Å². The molecule has 0 spiro atoms. The summed E-state index contributed by atoms with van der Waals surface area (Å²) < 4.78 is 15.7. The van der Waals surface area contributed by atoms with Gasteiger partial charge in [0.25, 0.3) is 5.91 Å². The highest BCUT2D eigenvalue weighted by Crippen LogP contribution is 2.15. The summed E-state index contributed by atoms with van der Waals surface area (Å²) in [6, 6.07) is 20.2. The molecule has 140 valence electrons. The highest BCUT2D eigenvalue weighted by atomic mass is 19.1. The van der Waals surface area contributed by atoms with E-state index in [4.69, 9.17) is 0 Å². The normalized spacial score (nSPS) is 11.0. The largest absolute Gasteiger partial charge is 0.345 e. The van der Waals surface area contributed by atoms with Crippen LogP contribution in [0.15, 0.2) is 72.9 Å². The summed E-state index contributed by atoms with van der Waals surface area (Å²) in [5.74, 6) is -0.214. The van der Waals surface area contributed by atoms with Gasteiger partial charge in [-0.25, -0.2) is 4.39 Å². The number of nitrogens with zero attached hydrogens (tertiary/aromatic N) is 2. The molecule has 0 bridgehead atoms. The Bertz CT molecular complexity index is 886. The Morgan fingerprint density at radius 3 is 2.52 bits per heavy atom. The van der Waals surface area contributed by atoms with Crippen molar-refractivity contribution >= 4 is 5.91 Å². The summed E-state index contributed by atoms with van der Waals surface area (Å²) in [5.41, 5.74) is 2.66. The fourth-order valence-electron chi connectivity index (χ4n) is 3.19. The smallest absolute Gasteiger partial charge is 0.254 e. The molecule has 0 aliphatic rings. The highest BCUT2D eigenvalue weighted by molar-refractivity contribution is 5.94. The summed E-state index contributed by atoms with van der Waals surface area (Å²) in [5, 5.41) is 0. The van der Waals surface area contributed by atoms with Crippen molar-refractivity contribution in [2.24, 2.45) is 5.92 Å². The molecule has 1 aromatic heterocycles. The Hall–Kier alpha value is -2.88. The third-order valence-corrected chi connectivity index (χ3v) is 4.42. The number of hydrogen-bond acceptors (Lipinski definition) is 1. The van der Waals surface area contributed by atoms with Gasteiger partial charge in [0.15, 0.2) is 0 Å². The monoisotopic (exact) mass is 364 g/mol. The third-order valence-electron chi connectivity index (χ3n) is 4.42. The van der Waals surface area contributed by atoms with Crippen LogP contribution in [0.3, 0.4) is 0 Å². The molecule has 1 amide bonds. The lowest BCUT2D eigenvalue weighted by Crippen LogP contribution is -2.34. The van der Waals surface area contributed by atoms with Gasteiger partial charge in [0.2, 0.25) is 0 Å². The van der Waals surface area contributed by atoms with Gasteiger partial charge in [-0.15, -0.1) is 0 Å². The number of hydrogen-bond donors (Lipinski definition) is 0. The molecule has 3 aromatic rings. The van der Waals surface area contributed by atoms with E-state index in [0.717, 1.165) is 12.2 Å². The summed E-state index contributed by atoms with van der Waals surface area (Å²) in [6.45, 7) is 6.02. The minimum Gasteiger partial charge on any atom is -0.345 e. The Kier molecular flexibility index (Phi) is 6.07. The fraction of sp³-hybridized carbons (Fsp3) is 0.261. The summed E-state index contributed by atoms with van der Waals surface area (Å²) in [6.07, 6.45) is 2.03. The van der Waals surface area contributed by atoms with E-state index in [1.807, 2.05) is 36.5 Å². The Balaban J connectivity index is 1.81. The molecule has 0 radical (unpaired) electrons. The van der Waals surface area contributed by atoms with E-state index in [1.165, 1.54) is 17.7 Å². The molecule has 4 heteroatoms. The van der Waals surface area contributed by atoms with Gasteiger partial charge in [-0.1, -0.05) is 50.2 Å². The maximum atomic E-state index is 13.6. The first kappa shape index (κ1) is 18.9. The maximum Gasteiger partial charge on any atom is 0.254 e. The molecule has 0 saturated carbocycles. The number of benzene rings is 2. The predicted octanol–water partition coefficient (Wildman–Crippen LogP) is 4.97. The lowest BCUT2D eigenvalue weighted by Gasteiger charge is -2.25. The standard InChI is InChI=1S/C23H25FN2O/c1-18(2)15-26(23(27)20-10-6-11-21(24)14-20)17-22-12-7-13-25(22)16-19-8-4-3-5-9-19/h3-14,18H,15-17H2,1-2H3. The number of halogens is 1. The van der Waals surface area contributed by atoms with E-state index in [2.05, 4.69) is 30.5 Å². The molecule has 1 heterocycles. The molecule has 3 nitrogen and oxygen atoms in total. The van der Waals surface area contributed by atoms with E-state index in [9.17, 15) is 9.18 Å². The van der Waals surface area contributed by atoms with Gasteiger partial charge < -0.3 is 9.47 Å². The van der Waals surface area contributed by atoms with Crippen molar-refractivity contribution in [2.75, 3.05) is 6.54 Å². The average Bonchev–Trinajstić information content (AvgIpc) is 3.08. The van der Waals surface area contributed by atoms with Gasteiger partial charge in [-0.3, -0.25) is 4.79 Å². The first-order valence-electron chi connectivity index (χ1n) is 9.25. The molecule has 3 rings (SSSR count). The van der Waals surface area contributed by atoms with Crippen LogP contribution in [0.25, 0.3) is 0 Å². The van der Waals surface area contributed by atoms with Crippen LogP contribution in [0.5, 0.6) is 0 Å². The fourth-order valence-corrected chi connectivity index (χ4v) is 3.19. The minimum absolute atomic E-state index is 0.143. The molecule has 0 atom stereocenters. The van der Waals surface area contributed by atoms with E-state index in [0.29, 0.717) is 24.6 Å². The van der Waals surface area contributed by atoms with E-state index in [1.54, 1.807) is 17.0 Å². The molecule has 27 heavy (non-hydrogen) atoms. The first-order valence-corrected chi connectivity index (χ1v) is 9.25. The quantitative estimate of drug-likeness (QED) is 0.581. The van der Waals surface area contributed by atoms with Crippen LogP contribution in [-0.2, 0) is 13.1 Å². The first-order chi connectivity index (χ1) is 13.0. The van der Waals surface area contributed by atoms with Gasteiger partial charge in [-0.05, 0) is 41.8 Å². The lowest BCUT2D eigenvalue weighted by molar-refractivity contribution is 0.0718. The zero-order valence-electron chi connectivity index (χ0n) is 15.8. The van der Waals surface area contributed by atoms with Crippen LogP contribution in [0.1, 0.15) is 35.5 Å². The van der Waals surface area contributed by atoms with Gasteiger partial charge in [-0.2, -0.15) is 0 Å². The minimum atomic E-state index is -0.391. The van der Waals surface area contributed by atoms with E-state index < -0.39 is 5.82 Å². The zero-order chi connectivity index (χ0) is 19.2. The number of carbonyl (C=O) groups is 1. The second kappa shape index (κ2) is 8.67. The Morgan fingerprint density at radius 1 is 1.04 bits per heavy atom. The zero-order valence-corrected chi connectivity index (χ0v) is 15.8. The van der Waals surface area contributed by atoms with Crippen LogP contribution in [0.4, 0.5) is 4.39 Å². The van der Waals surface area contributed by atoms with Crippen LogP contribution < -0.4 is 0 Å². The number of carbonyl (C=O) groups excluding carboxylic acids is 1. The molecule has 0 aliphatic heterocycles. The summed E-state index contributed by atoms with van der Waals surface area (Å²) >= 11 is 0. The van der Waals surface area contributed by atoms with E-state index >= 15 is 0 Å². The SMILES string of the molecule is CC(C)CN(Cc1cccn1Cc1ccccc1)C(=O)c1cccc(F)c1. The Morgan fingerprint density at radius 2 is 1.81 bits per heavy atom. The molecule has 0 unspecified atom stereocenters. The van der Waals surface area contributed by atoms with Crippen molar-refractivity contribution in [1.82, 2.24) is 9.47 Å². The lowest BCUT2D eigenvalue weighted by atomic mass is 10.1. The van der Waals surface area contributed by atoms with Gasteiger partial charge in [0.05, 0.1) is 6.54 Å². The summed E-state index contributed by atoms with van der Waals surface area (Å²) in [4.78, 5) is 14.8. The van der Waals surface area contributed by atoms with Crippen molar-refractivity contribution in [1.29, 1.82) is 0 Å². The van der Waals surface area contributed by atoms with Crippen LogP contribution in [-0.4, -0.2) is 21.9 Å². The second-order valence-corrected chi connectivity index (χ2v) is 7.20. The molecule has 0 fully saturated rings. The molecule has 0 saturated heterocycles. The van der Waals surface area contributed by atoms with Crippen molar-refractivity contribution < 1.29 is 9.18 Å². The van der Waals surface area contributed by atoms with E-state index in [-0.39, 0.29) is 5.91 Å². The van der Waals surface area contributed by atoms with Gasteiger partial charge >= 0.3 is 0 Å².